The van der Waals surface area contributed by atoms with Crippen LogP contribution in [-0.2, 0) is 0 Å². The lowest BCUT2D eigenvalue weighted by atomic mass is 10.4. The van der Waals surface area contributed by atoms with Crippen LogP contribution in [0.4, 0.5) is 0 Å². The maximum Gasteiger partial charge on any atom is 0.0574 e. The van der Waals surface area contributed by atoms with E-state index in [1.807, 2.05) is 25.1 Å². The van der Waals surface area contributed by atoms with E-state index in [-0.39, 0.29) is 0 Å². The van der Waals surface area contributed by atoms with Crippen molar-refractivity contribution < 1.29 is 0 Å². The zero-order chi connectivity index (χ0) is 5.82. The Morgan fingerprint density at radius 2 is 2.62 bits per heavy atom. The van der Waals surface area contributed by atoms with Gasteiger partial charge in [0.25, 0.3) is 0 Å². The molecular formula is C6H8N2. The van der Waals surface area contributed by atoms with Crippen LogP contribution in [0, 0.1) is 0 Å². The molecule has 0 aromatic carbocycles. The highest BCUT2D eigenvalue weighted by Gasteiger charge is 1.79. The second kappa shape index (κ2) is 2.31. The van der Waals surface area contributed by atoms with Crippen LogP contribution in [0.15, 0.2) is 18.3 Å². The van der Waals surface area contributed by atoms with E-state index < -0.39 is 0 Å². The highest BCUT2D eigenvalue weighted by Crippen LogP contribution is 1.92. The molecule has 0 aliphatic carbocycles. The van der Waals surface area contributed by atoms with Crippen LogP contribution >= 0.6 is 0 Å². The predicted molar refractivity (Wildman–Crippen MR) is 33.3 cm³/mol. The fourth-order valence-electron chi connectivity index (χ4n) is 0.539. The lowest BCUT2D eigenvalue weighted by molar-refractivity contribution is 1.08. The van der Waals surface area contributed by atoms with E-state index in [0.717, 1.165) is 5.69 Å². The maximum atomic E-state index is 3.76. The number of nitrogens with one attached hydrogen (secondary N) is 1. The predicted octanol–water partition coefficient (Wildman–Crippen LogP) is 1.44. The summed E-state index contributed by atoms with van der Waals surface area (Å²) >= 11 is 0. The molecule has 2 heteroatoms. The topological polar surface area (TPSA) is 28.7 Å². The number of hydrogen-bond donors (Lipinski definition) is 1. The molecule has 0 aliphatic rings. The molecule has 1 N–H and O–H groups in total. The molecular weight excluding hydrogens is 100 g/mol. The van der Waals surface area contributed by atoms with Gasteiger partial charge in [-0.25, -0.2) is 0 Å². The van der Waals surface area contributed by atoms with E-state index in [1.165, 1.54) is 0 Å². The van der Waals surface area contributed by atoms with Crippen molar-refractivity contribution in [3.05, 3.63) is 24.0 Å². The molecule has 2 nitrogen and oxygen atoms in total. The summed E-state index contributed by atoms with van der Waals surface area (Å²) in [4.78, 5) is 0. The summed E-state index contributed by atoms with van der Waals surface area (Å²) in [6, 6.07) is 1.92. The number of aromatic amines is 1. The smallest absolute Gasteiger partial charge is 0.0574 e. The lowest BCUT2D eigenvalue weighted by Gasteiger charge is -1.76. The molecule has 0 aliphatic heterocycles. The summed E-state index contributed by atoms with van der Waals surface area (Å²) in [5.74, 6) is 0. The highest BCUT2D eigenvalue weighted by molar-refractivity contribution is 5.42. The first-order valence-corrected chi connectivity index (χ1v) is 2.55. The van der Waals surface area contributed by atoms with Gasteiger partial charge in [-0.05, 0) is 19.1 Å². The Hall–Kier alpha value is -1.05. The Bertz CT molecular complexity index is 163. The minimum absolute atomic E-state index is 1.05. The highest BCUT2D eigenvalue weighted by atomic mass is 15.1. The van der Waals surface area contributed by atoms with E-state index in [9.17, 15) is 0 Å². The largest absolute Gasteiger partial charge is 0.278 e. The van der Waals surface area contributed by atoms with Crippen LogP contribution < -0.4 is 0 Å². The summed E-state index contributed by atoms with van der Waals surface area (Å²) in [5, 5.41) is 6.57. The summed E-state index contributed by atoms with van der Waals surface area (Å²) in [7, 11) is 0. The molecule has 0 atom stereocenters. The van der Waals surface area contributed by atoms with Crippen LogP contribution in [0.1, 0.15) is 12.6 Å². The first-order valence-electron chi connectivity index (χ1n) is 2.55. The van der Waals surface area contributed by atoms with Gasteiger partial charge in [0, 0.05) is 6.20 Å². The molecule has 1 aromatic rings. The second-order valence-corrected chi connectivity index (χ2v) is 1.51. The van der Waals surface area contributed by atoms with Gasteiger partial charge < -0.3 is 0 Å². The third-order valence-electron chi connectivity index (χ3n) is 0.869. The SMILES string of the molecule is CC=Cc1ccn[nH]1. The summed E-state index contributed by atoms with van der Waals surface area (Å²) in [6.45, 7) is 1.97. The molecule has 0 saturated heterocycles. The zero-order valence-electron chi connectivity index (χ0n) is 4.76. The molecule has 1 aromatic heterocycles. The van der Waals surface area contributed by atoms with Gasteiger partial charge in [0.1, 0.15) is 0 Å². The van der Waals surface area contributed by atoms with E-state index in [2.05, 4.69) is 10.2 Å². The van der Waals surface area contributed by atoms with Crippen LogP contribution in [0.3, 0.4) is 0 Å². The van der Waals surface area contributed by atoms with Gasteiger partial charge in [-0.3, -0.25) is 5.10 Å². The van der Waals surface area contributed by atoms with Crippen molar-refractivity contribution in [1.29, 1.82) is 0 Å². The van der Waals surface area contributed by atoms with Crippen molar-refractivity contribution in [2.45, 2.75) is 6.92 Å². The van der Waals surface area contributed by atoms with Gasteiger partial charge in [-0.2, -0.15) is 5.10 Å². The van der Waals surface area contributed by atoms with Gasteiger partial charge in [0.15, 0.2) is 0 Å². The Labute approximate surface area is 48.2 Å². The molecule has 0 bridgehead atoms. The van der Waals surface area contributed by atoms with Crippen molar-refractivity contribution in [2.24, 2.45) is 0 Å². The summed E-state index contributed by atoms with van der Waals surface area (Å²) < 4.78 is 0. The minimum atomic E-state index is 1.05. The van der Waals surface area contributed by atoms with Crippen LogP contribution in [0.2, 0.25) is 0 Å². The number of allylic oxidation sites excluding steroid dienone is 1. The third-order valence-corrected chi connectivity index (χ3v) is 0.869. The Morgan fingerprint density at radius 1 is 1.75 bits per heavy atom. The van der Waals surface area contributed by atoms with Crippen molar-refractivity contribution in [3.8, 4) is 0 Å². The quantitative estimate of drug-likeness (QED) is 0.579. The molecule has 0 spiro atoms. The second-order valence-electron chi connectivity index (χ2n) is 1.51. The molecule has 42 valence electrons. The third kappa shape index (κ3) is 0.964. The van der Waals surface area contributed by atoms with E-state index in [4.69, 9.17) is 0 Å². The number of nitrogens with zero attached hydrogens (tertiary/aromatic N) is 1. The molecule has 8 heavy (non-hydrogen) atoms. The Balaban J connectivity index is 2.77. The monoisotopic (exact) mass is 108 g/mol. The van der Waals surface area contributed by atoms with Gasteiger partial charge >= 0.3 is 0 Å². The van der Waals surface area contributed by atoms with Gasteiger partial charge in [0.2, 0.25) is 0 Å². The number of H-pyrrole nitrogens is 1. The number of aromatic nitrogens is 2. The number of hydrogen-bond acceptors (Lipinski definition) is 1. The van der Waals surface area contributed by atoms with Gasteiger partial charge in [-0.1, -0.05) is 6.08 Å². The first-order chi connectivity index (χ1) is 3.93. The van der Waals surface area contributed by atoms with Crippen LogP contribution in [0.25, 0.3) is 6.08 Å². The number of rotatable bonds is 1. The lowest BCUT2D eigenvalue weighted by Crippen LogP contribution is -1.67. The molecule has 0 fully saturated rings. The van der Waals surface area contributed by atoms with E-state index >= 15 is 0 Å². The summed E-state index contributed by atoms with van der Waals surface area (Å²) in [6.07, 6.45) is 5.66. The maximum absolute atomic E-state index is 3.76. The summed E-state index contributed by atoms with van der Waals surface area (Å²) in [5.41, 5.74) is 1.05. The van der Waals surface area contributed by atoms with Crippen molar-refractivity contribution in [3.63, 3.8) is 0 Å². The fourth-order valence-corrected chi connectivity index (χ4v) is 0.539. The fraction of sp³-hybridized carbons (Fsp3) is 0.167. The van der Waals surface area contributed by atoms with Gasteiger partial charge in [-0.15, -0.1) is 0 Å². The van der Waals surface area contributed by atoms with Crippen LogP contribution in [-0.4, -0.2) is 10.2 Å². The van der Waals surface area contributed by atoms with Crippen molar-refractivity contribution >= 4 is 6.08 Å². The van der Waals surface area contributed by atoms with E-state index in [0.29, 0.717) is 0 Å². The molecule has 1 heterocycles. The van der Waals surface area contributed by atoms with Crippen molar-refractivity contribution in [2.75, 3.05) is 0 Å². The molecule has 0 saturated carbocycles. The Kier molecular flexibility index (Phi) is 1.47. The average Bonchev–Trinajstić information content (AvgIpc) is 2.19. The first kappa shape index (κ1) is 5.09. The minimum Gasteiger partial charge on any atom is -0.278 e. The van der Waals surface area contributed by atoms with Gasteiger partial charge in [0.05, 0.1) is 5.69 Å². The molecule has 1 rings (SSSR count). The van der Waals surface area contributed by atoms with Crippen molar-refractivity contribution in [1.82, 2.24) is 10.2 Å². The standard InChI is InChI=1S/C6H8N2/c1-2-3-6-4-5-7-8-6/h2-5H,1H3,(H,7,8). The van der Waals surface area contributed by atoms with E-state index in [1.54, 1.807) is 6.20 Å². The molecule has 0 unspecified atom stereocenters. The Morgan fingerprint density at radius 3 is 3.12 bits per heavy atom. The average molecular weight is 108 g/mol. The molecule has 0 amide bonds. The van der Waals surface area contributed by atoms with Crippen LogP contribution in [0.5, 0.6) is 0 Å². The zero-order valence-corrected chi connectivity index (χ0v) is 4.76. The molecule has 0 radical (unpaired) electrons. The normalized spacial score (nSPS) is 10.6.